The number of carbonyl (C=O) groups is 1. The highest BCUT2D eigenvalue weighted by Gasteiger charge is 2.59. The van der Waals surface area contributed by atoms with Gasteiger partial charge < -0.3 is 5.32 Å². The normalized spacial score (nSPS) is 28.2. The van der Waals surface area contributed by atoms with E-state index in [1.165, 1.54) is 5.56 Å². The van der Waals surface area contributed by atoms with Crippen LogP contribution in [0.1, 0.15) is 12.0 Å². The van der Waals surface area contributed by atoms with E-state index < -0.39 is 12.1 Å². The highest BCUT2D eigenvalue weighted by molar-refractivity contribution is 5.81. The molecule has 1 heterocycles. The van der Waals surface area contributed by atoms with Gasteiger partial charge in [0.1, 0.15) is 0 Å². The third-order valence-corrected chi connectivity index (χ3v) is 4.48. The number of halogens is 3. The zero-order valence-electron chi connectivity index (χ0n) is 11.5. The lowest BCUT2D eigenvalue weighted by Crippen LogP contribution is -2.41. The number of benzene rings is 1. The van der Waals surface area contributed by atoms with E-state index in [0.29, 0.717) is 5.92 Å². The Morgan fingerprint density at radius 2 is 2.05 bits per heavy atom. The van der Waals surface area contributed by atoms with Crippen LogP contribution in [-0.2, 0) is 11.3 Å². The summed E-state index contributed by atoms with van der Waals surface area (Å²) in [7, 11) is 0. The van der Waals surface area contributed by atoms with Gasteiger partial charge in [0, 0.05) is 31.6 Å². The van der Waals surface area contributed by atoms with Crippen LogP contribution in [0.3, 0.4) is 0 Å². The largest absolute Gasteiger partial charge is 0.471 e. The standard InChI is InChI=1S/C15H17F3N2O/c16-15(17,18)13(21)19-9-14-6-12(14)8-20(10-14)7-11-4-2-1-3-5-11/h1-5,12H,6-10H2,(H,19,21). The van der Waals surface area contributed by atoms with E-state index in [9.17, 15) is 18.0 Å². The summed E-state index contributed by atoms with van der Waals surface area (Å²) in [5.41, 5.74) is 1.06. The Balaban J connectivity index is 1.52. The fraction of sp³-hybridized carbons (Fsp3) is 0.533. The maximum Gasteiger partial charge on any atom is 0.471 e. The van der Waals surface area contributed by atoms with Gasteiger partial charge >= 0.3 is 12.1 Å². The minimum atomic E-state index is -4.79. The van der Waals surface area contributed by atoms with Crippen molar-refractivity contribution in [2.75, 3.05) is 19.6 Å². The molecule has 3 nitrogen and oxygen atoms in total. The van der Waals surface area contributed by atoms with Gasteiger partial charge in [-0.3, -0.25) is 9.69 Å². The first-order valence-electron chi connectivity index (χ1n) is 7.00. The monoisotopic (exact) mass is 298 g/mol. The van der Waals surface area contributed by atoms with Gasteiger partial charge in [0.25, 0.3) is 0 Å². The first-order valence-corrected chi connectivity index (χ1v) is 7.00. The fourth-order valence-electron chi connectivity index (χ4n) is 3.30. The molecule has 2 fully saturated rings. The quantitative estimate of drug-likeness (QED) is 0.924. The Hall–Kier alpha value is -1.56. The van der Waals surface area contributed by atoms with E-state index in [1.54, 1.807) is 0 Å². The van der Waals surface area contributed by atoms with Crippen LogP contribution in [0, 0.1) is 11.3 Å². The van der Waals surface area contributed by atoms with Crippen molar-refractivity contribution < 1.29 is 18.0 Å². The van der Waals surface area contributed by atoms with Crippen LogP contribution in [0.4, 0.5) is 13.2 Å². The number of rotatable bonds is 4. The molecule has 1 aliphatic carbocycles. The molecular formula is C15H17F3N2O. The zero-order valence-corrected chi connectivity index (χ0v) is 11.5. The molecule has 6 heteroatoms. The van der Waals surface area contributed by atoms with Gasteiger partial charge in [0.15, 0.2) is 0 Å². The van der Waals surface area contributed by atoms with Crippen molar-refractivity contribution in [3.05, 3.63) is 35.9 Å². The SMILES string of the molecule is O=C(NCC12CC1CN(Cc1ccccc1)C2)C(F)(F)F. The second-order valence-corrected chi connectivity index (χ2v) is 6.10. The average molecular weight is 298 g/mol. The van der Waals surface area contributed by atoms with Crippen molar-refractivity contribution >= 4 is 5.91 Å². The Labute approximate surface area is 121 Å². The Morgan fingerprint density at radius 3 is 2.71 bits per heavy atom. The number of nitrogens with one attached hydrogen (secondary N) is 1. The maximum atomic E-state index is 12.2. The average Bonchev–Trinajstić information content (AvgIpc) is 2.98. The van der Waals surface area contributed by atoms with Crippen molar-refractivity contribution in [2.45, 2.75) is 19.1 Å². The topological polar surface area (TPSA) is 32.3 Å². The molecule has 0 bridgehead atoms. The Morgan fingerprint density at radius 1 is 1.33 bits per heavy atom. The third kappa shape index (κ3) is 3.05. The van der Waals surface area contributed by atoms with Crippen molar-refractivity contribution in [2.24, 2.45) is 11.3 Å². The number of amides is 1. The molecule has 3 rings (SSSR count). The molecule has 0 radical (unpaired) electrons. The molecule has 1 aliphatic heterocycles. The summed E-state index contributed by atoms with van der Waals surface area (Å²) >= 11 is 0. The molecule has 1 aromatic carbocycles. The van der Waals surface area contributed by atoms with Crippen LogP contribution >= 0.6 is 0 Å². The maximum absolute atomic E-state index is 12.2. The van der Waals surface area contributed by atoms with Gasteiger partial charge in [-0.2, -0.15) is 13.2 Å². The molecule has 0 spiro atoms. The van der Waals surface area contributed by atoms with Crippen LogP contribution in [0.5, 0.6) is 0 Å². The van der Waals surface area contributed by atoms with E-state index in [0.717, 1.165) is 26.1 Å². The van der Waals surface area contributed by atoms with Crippen LogP contribution in [0.25, 0.3) is 0 Å². The highest BCUT2D eigenvalue weighted by atomic mass is 19.4. The fourth-order valence-corrected chi connectivity index (χ4v) is 3.30. The summed E-state index contributed by atoms with van der Waals surface area (Å²) in [4.78, 5) is 13.2. The van der Waals surface area contributed by atoms with E-state index in [1.807, 2.05) is 35.6 Å². The molecule has 1 N–H and O–H groups in total. The smallest absolute Gasteiger partial charge is 0.348 e. The molecule has 2 aliphatic rings. The molecule has 1 amide bonds. The van der Waals surface area contributed by atoms with Crippen molar-refractivity contribution in [3.63, 3.8) is 0 Å². The van der Waals surface area contributed by atoms with Gasteiger partial charge in [0.2, 0.25) is 0 Å². The van der Waals surface area contributed by atoms with E-state index in [-0.39, 0.29) is 12.0 Å². The first-order chi connectivity index (χ1) is 9.89. The molecule has 114 valence electrons. The zero-order chi connectivity index (χ0) is 15.1. The number of hydrogen-bond acceptors (Lipinski definition) is 2. The van der Waals surface area contributed by atoms with Crippen LogP contribution in [0.15, 0.2) is 30.3 Å². The van der Waals surface area contributed by atoms with Crippen LogP contribution in [0.2, 0.25) is 0 Å². The van der Waals surface area contributed by atoms with Crippen LogP contribution < -0.4 is 5.32 Å². The molecule has 2 unspecified atom stereocenters. The molecule has 1 saturated carbocycles. The number of piperidine rings is 1. The number of nitrogens with zero attached hydrogens (tertiary/aromatic N) is 1. The van der Waals surface area contributed by atoms with E-state index in [2.05, 4.69) is 4.90 Å². The van der Waals surface area contributed by atoms with Crippen molar-refractivity contribution in [1.82, 2.24) is 10.2 Å². The molecule has 1 aromatic rings. The van der Waals surface area contributed by atoms with E-state index in [4.69, 9.17) is 0 Å². The molecule has 2 atom stereocenters. The number of likely N-dealkylation sites (tertiary alicyclic amines) is 1. The lowest BCUT2D eigenvalue weighted by molar-refractivity contribution is -0.173. The molecule has 0 aromatic heterocycles. The Kier molecular flexibility index (Phi) is 3.43. The van der Waals surface area contributed by atoms with Crippen molar-refractivity contribution in [1.29, 1.82) is 0 Å². The second-order valence-electron chi connectivity index (χ2n) is 6.10. The lowest BCUT2D eigenvalue weighted by atomic mass is 10.1. The number of carbonyl (C=O) groups excluding carboxylic acids is 1. The third-order valence-electron chi connectivity index (χ3n) is 4.48. The molecule has 21 heavy (non-hydrogen) atoms. The number of fused-ring (bicyclic) bond motifs is 1. The van der Waals surface area contributed by atoms with Gasteiger partial charge in [-0.1, -0.05) is 30.3 Å². The van der Waals surface area contributed by atoms with Crippen molar-refractivity contribution in [3.8, 4) is 0 Å². The highest BCUT2D eigenvalue weighted by Crippen LogP contribution is 2.57. The van der Waals surface area contributed by atoms with Gasteiger partial charge in [-0.15, -0.1) is 0 Å². The minimum absolute atomic E-state index is 0.126. The second kappa shape index (κ2) is 5.02. The number of alkyl halides is 3. The van der Waals surface area contributed by atoms with Gasteiger partial charge in [-0.05, 0) is 17.9 Å². The van der Waals surface area contributed by atoms with E-state index >= 15 is 0 Å². The summed E-state index contributed by atoms with van der Waals surface area (Å²) in [6.07, 6.45) is -3.88. The minimum Gasteiger partial charge on any atom is -0.348 e. The summed E-state index contributed by atoms with van der Waals surface area (Å²) in [5.74, 6) is -1.42. The van der Waals surface area contributed by atoms with Gasteiger partial charge in [0.05, 0.1) is 0 Å². The molecule has 1 saturated heterocycles. The Bertz CT molecular complexity index is 531. The predicted molar refractivity (Wildman–Crippen MR) is 71.3 cm³/mol. The summed E-state index contributed by atoms with van der Waals surface area (Å²) in [5, 5.41) is 2.04. The lowest BCUT2D eigenvalue weighted by Gasteiger charge is -2.21. The van der Waals surface area contributed by atoms with Gasteiger partial charge in [-0.25, -0.2) is 0 Å². The summed E-state index contributed by atoms with van der Waals surface area (Å²) in [6, 6.07) is 10.0. The number of hydrogen-bond donors (Lipinski definition) is 1. The van der Waals surface area contributed by atoms with Crippen LogP contribution in [-0.4, -0.2) is 36.6 Å². The first kappa shape index (κ1) is 14.4. The summed E-state index contributed by atoms with van der Waals surface area (Å²) in [6.45, 7) is 2.59. The summed E-state index contributed by atoms with van der Waals surface area (Å²) < 4.78 is 36.6. The predicted octanol–water partition coefficient (Wildman–Crippen LogP) is 2.19. The molecular weight excluding hydrogens is 281 g/mol.